The molecule has 0 aromatic heterocycles. The first-order chi connectivity index (χ1) is 12.3. The van der Waals surface area contributed by atoms with Gasteiger partial charge in [0, 0.05) is 38.4 Å². The van der Waals surface area contributed by atoms with Crippen LogP contribution in [0.5, 0.6) is 0 Å². The quantitative estimate of drug-likeness (QED) is 0.730. The lowest BCUT2D eigenvalue weighted by atomic mass is 9.95. The van der Waals surface area contributed by atoms with E-state index in [2.05, 4.69) is 65.3 Å². The summed E-state index contributed by atoms with van der Waals surface area (Å²) in [5, 5.41) is 0. The fraction of sp³-hybridized carbons (Fsp3) is 0.455. The summed E-state index contributed by atoms with van der Waals surface area (Å²) in [6.45, 7) is 8.72. The van der Waals surface area contributed by atoms with Crippen molar-refractivity contribution < 1.29 is 4.74 Å². The maximum absolute atomic E-state index is 6.06. The molecule has 0 aliphatic carbocycles. The number of benzene rings is 2. The van der Waals surface area contributed by atoms with Crippen LogP contribution >= 0.6 is 24.8 Å². The summed E-state index contributed by atoms with van der Waals surface area (Å²) >= 11 is 0. The molecule has 2 aliphatic heterocycles. The highest BCUT2D eigenvalue weighted by molar-refractivity contribution is 5.85. The summed E-state index contributed by atoms with van der Waals surface area (Å²) in [6, 6.07) is 17.5. The number of hydrogen-bond donors (Lipinski definition) is 0. The molecule has 0 bridgehead atoms. The number of ether oxygens (including phenoxy) is 1. The molecule has 1 unspecified atom stereocenters. The molecule has 3 nitrogen and oxygen atoms in total. The summed E-state index contributed by atoms with van der Waals surface area (Å²) < 4.78 is 6.06. The van der Waals surface area contributed by atoms with Gasteiger partial charge >= 0.3 is 0 Å². The minimum atomic E-state index is 0. The van der Waals surface area contributed by atoms with Crippen LogP contribution in [0, 0.1) is 6.92 Å². The minimum absolute atomic E-state index is 0. The molecule has 1 atom stereocenters. The van der Waals surface area contributed by atoms with Gasteiger partial charge in [0.15, 0.2) is 0 Å². The van der Waals surface area contributed by atoms with Crippen molar-refractivity contribution in [2.45, 2.75) is 25.9 Å². The number of halogens is 2. The Kier molecular flexibility index (Phi) is 8.43. The van der Waals surface area contributed by atoms with Crippen LogP contribution in [-0.2, 0) is 11.2 Å². The van der Waals surface area contributed by atoms with E-state index in [1.807, 2.05) is 0 Å². The van der Waals surface area contributed by atoms with Crippen LogP contribution < -0.4 is 4.90 Å². The van der Waals surface area contributed by atoms with Crippen molar-refractivity contribution in [2.75, 3.05) is 44.2 Å². The zero-order valence-electron chi connectivity index (χ0n) is 16.0. The molecule has 2 aromatic rings. The van der Waals surface area contributed by atoms with E-state index in [0.717, 1.165) is 52.2 Å². The highest BCUT2D eigenvalue weighted by atomic mass is 35.5. The molecule has 1 saturated heterocycles. The van der Waals surface area contributed by atoms with Gasteiger partial charge in [0.05, 0.1) is 12.7 Å². The van der Waals surface area contributed by atoms with Crippen molar-refractivity contribution in [3.8, 4) is 0 Å². The monoisotopic (exact) mass is 408 g/mol. The average Bonchev–Trinajstić information content (AvgIpc) is 2.67. The van der Waals surface area contributed by atoms with E-state index >= 15 is 0 Å². The first-order valence-electron chi connectivity index (χ1n) is 9.53. The summed E-state index contributed by atoms with van der Waals surface area (Å²) in [7, 11) is 0. The molecule has 2 heterocycles. The number of piperazine rings is 1. The van der Waals surface area contributed by atoms with Gasteiger partial charge in [-0.3, -0.25) is 4.90 Å². The molecule has 1 fully saturated rings. The van der Waals surface area contributed by atoms with E-state index in [1.54, 1.807) is 0 Å². The van der Waals surface area contributed by atoms with Gasteiger partial charge in [-0.1, -0.05) is 42.5 Å². The van der Waals surface area contributed by atoms with Crippen LogP contribution in [0.3, 0.4) is 0 Å². The second kappa shape index (κ2) is 10.3. The Morgan fingerprint density at radius 1 is 0.926 bits per heavy atom. The van der Waals surface area contributed by atoms with Crippen LogP contribution in [0.2, 0.25) is 0 Å². The number of para-hydroxylation sites is 1. The van der Waals surface area contributed by atoms with Gasteiger partial charge in [-0.2, -0.15) is 0 Å². The molecule has 0 amide bonds. The smallest absolute Gasteiger partial charge is 0.0839 e. The molecule has 4 rings (SSSR count). The van der Waals surface area contributed by atoms with Crippen molar-refractivity contribution >= 4 is 30.5 Å². The number of fused-ring (bicyclic) bond motifs is 1. The van der Waals surface area contributed by atoms with Crippen LogP contribution in [0.25, 0.3) is 0 Å². The Morgan fingerprint density at radius 3 is 2.41 bits per heavy atom. The maximum atomic E-state index is 6.06. The van der Waals surface area contributed by atoms with Gasteiger partial charge in [-0.05, 0) is 42.5 Å². The topological polar surface area (TPSA) is 15.7 Å². The van der Waals surface area contributed by atoms with Gasteiger partial charge < -0.3 is 9.64 Å². The first-order valence-corrected chi connectivity index (χ1v) is 9.53. The van der Waals surface area contributed by atoms with Crippen molar-refractivity contribution in [2.24, 2.45) is 0 Å². The molecule has 0 saturated carbocycles. The lowest BCUT2D eigenvalue weighted by Gasteiger charge is -2.37. The summed E-state index contributed by atoms with van der Waals surface area (Å²) in [5.41, 5.74) is 5.66. The lowest BCUT2D eigenvalue weighted by Crippen LogP contribution is -2.47. The third kappa shape index (κ3) is 5.17. The highest BCUT2D eigenvalue weighted by Gasteiger charge is 2.23. The zero-order chi connectivity index (χ0) is 17.1. The summed E-state index contributed by atoms with van der Waals surface area (Å²) in [6.07, 6.45) is 2.43. The van der Waals surface area contributed by atoms with Gasteiger partial charge in [0.1, 0.15) is 0 Å². The Labute approximate surface area is 175 Å². The van der Waals surface area contributed by atoms with E-state index in [1.165, 1.54) is 22.4 Å². The number of aryl methyl sites for hydroxylation is 1. The van der Waals surface area contributed by atoms with Gasteiger partial charge in [-0.15, -0.1) is 24.8 Å². The Balaban J connectivity index is 0.00000131. The maximum Gasteiger partial charge on any atom is 0.0839 e. The normalized spacial score (nSPS) is 19.6. The molecule has 27 heavy (non-hydrogen) atoms. The van der Waals surface area contributed by atoms with E-state index in [-0.39, 0.29) is 30.9 Å². The van der Waals surface area contributed by atoms with Crippen molar-refractivity contribution in [3.05, 3.63) is 65.2 Å². The summed E-state index contributed by atoms with van der Waals surface area (Å²) in [5.74, 6) is 0. The molecule has 148 valence electrons. The van der Waals surface area contributed by atoms with Crippen LogP contribution in [0.15, 0.2) is 48.5 Å². The molecule has 5 heteroatoms. The molecule has 0 N–H and O–H groups in total. The Morgan fingerprint density at radius 2 is 1.63 bits per heavy atom. The predicted molar refractivity (Wildman–Crippen MR) is 118 cm³/mol. The van der Waals surface area contributed by atoms with E-state index in [4.69, 9.17) is 4.74 Å². The van der Waals surface area contributed by atoms with Gasteiger partial charge in [0.25, 0.3) is 0 Å². The zero-order valence-corrected chi connectivity index (χ0v) is 17.6. The number of rotatable bonds is 4. The van der Waals surface area contributed by atoms with Crippen LogP contribution in [-0.4, -0.2) is 44.2 Å². The molecule has 0 spiro atoms. The average molecular weight is 409 g/mol. The Bertz CT molecular complexity index is 717. The fourth-order valence-corrected chi connectivity index (χ4v) is 4.15. The Hall–Kier alpha value is -1.26. The largest absolute Gasteiger partial charge is 0.373 e. The molecule has 2 aliphatic rings. The SMILES string of the molecule is Cc1ccccc1N1CCN(CCC2OCCc3ccccc32)CC1.Cl.Cl. The van der Waals surface area contributed by atoms with Crippen molar-refractivity contribution in [1.29, 1.82) is 0 Å². The first kappa shape index (κ1) is 22.0. The van der Waals surface area contributed by atoms with E-state index in [0.29, 0.717) is 0 Å². The third-order valence-electron chi connectivity index (χ3n) is 5.63. The van der Waals surface area contributed by atoms with Crippen molar-refractivity contribution in [1.82, 2.24) is 4.90 Å². The molecular weight excluding hydrogens is 379 g/mol. The highest BCUT2D eigenvalue weighted by Crippen LogP contribution is 2.30. The standard InChI is InChI=1S/C22H28N2O.2ClH/c1-18-6-2-5-9-21(18)24-15-13-23(14-16-24)12-10-22-20-8-4-3-7-19(20)11-17-25-22;;/h2-9,22H,10-17H2,1H3;2*1H. The number of anilines is 1. The third-order valence-corrected chi connectivity index (χ3v) is 5.63. The van der Waals surface area contributed by atoms with E-state index < -0.39 is 0 Å². The lowest BCUT2D eigenvalue weighted by molar-refractivity contribution is 0.0289. The van der Waals surface area contributed by atoms with Gasteiger partial charge in [0.2, 0.25) is 0 Å². The van der Waals surface area contributed by atoms with Gasteiger partial charge in [-0.25, -0.2) is 0 Å². The number of hydrogen-bond acceptors (Lipinski definition) is 3. The minimum Gasteiger partial charge on any atom is -0.373 e. The predicted octanol–water partition coefficient (Wildman–Crippen LogP) is 4.66. The van der Waals surface area contributed by atoms with Crippen LogP contribution in [0.1, 0.15) is 29.2 Å². The second-order valence-electron chi connectivity index (χ2n) is 7.21. The molecule has 0 radical (unpaired) electrons. The molecule has 2 aromatic carbocycles. The van der Waals surface area contributed by atoms with E-state index in [9.17, 15) is 0 Å². The number of nitrogens with zero attached hydrogens (tertiary/aromatic N) is 2. The van der Waals surface area contributed by atoms with Crippen molar-refractivity contribution in [3.63, 3.8) is 0 Å². The van der Waals surface area contributed by atoms with Crippen LogP contribution in [0.4, 0.5) is 5.69 Å². The fourth-order valence-electron chi connectivity index (χ4n) is 4.15. The molecular formula is C22H30Cl2N2O. The second-order valence-corrected chi connectivity index (χ2v) is 7.21. The summed E-state index contributed by atoms with van der Waals surface area (Å²) in [4.78, 5) is 5.12.